The Morgan fingerprint density at radius 2 is 1.60 bits per heavy atom. The number of hydrogen-bond acceptors (Lipinski definition) is 3. The third kappa shape index (κ3) is 4.42. The summed E-state index contributed by atoms with van der Waals surface area (Å²) in [5.74, 6) is -1.92. The van der Waals surface area contributed by atoms with Crippen molar-refractivity contribution in [1.82, 2.24) is 0 Å². The third-order valence-corrected chi connectivity index (χ3v) is 5.19. The van der Waals surface area contributed by atoms with Crippen LogP contribution in [-0.4, -0.2) is 20.1 Å². The van der Waals surface area contributed by atoms with Crippen molar-refractivity contribution in [2.45, 2.75) is 5.75 Å². The zero-order chi connectivity index (χ0) is 17.9. The largest absolute Gasteiger partial charge is 0.325 e. The van der Waals surface area contributed by atoms with E-state index in [0.29, 0.717) is 11.3 Å². The van der Waals surface area contributed by atoms with Crippen LogP contribution in [0.5, 0.6) is 0 Å². The van der Waals surface area contributed by atoms with Gasteiger partial charge in [0, 0.05) is 5.69 Å². The van der Waals surface area contributed by atoms with Crippen LogP contribution in [0.2, 0.25) is 0 Å². The second kappa shape index (κ2) is 7.03. The molecule has 1 N–H and O–H groups in total. The summed E-state index contributed by atoms with van der Waals surface area (Å²) < 4.78 is 37.6. The predicted octanol–water partition coefficient (Wildman–Crippen LogP) is 3.53. The molecule has 0 spiro atoms. The first-order chi connectivity index (χ1) is 11.9. The summed E-state index contributed by atoms with van der Waals surface area (Å²) in [5.41, 5.74) is 1.01. The molecule has 0 bridgehead atoms. The number of halogens is 1. The highest BCUT2D eigenvalue weighted by molar-refractivity contribution is 7.91. The van der Waals surface area contributed by atoms with Gasteiger partial charge >= 0.3 is 0 Å². The van der Waals surface area contributed by atoms with Gasteiger partial charge in [-0.15, -0.1) is 0 Å². The number of amides is 1. The van der Waals surface area contributed by atoms with E-state index in [4.69, 9.17) is 0 Å². The lowest BCUT2D eigenvalue weighted by atomic mass is 10.1. The van der Waals surface area contributed by atoms with Crippen molar-refractivity contribution < 1.29 is 17.6 Å². The van der Waals surface area contributed by atoms with Crippen LogP contribution in [0, 0.1) is 5.82 Å². The fourth-order valence-corrected chi connectivity index (χ4v) is 3.94. The monoisotopic (exact) mass is 357 g/mol. The normalized spacial score (nSPS) is 11.4. The van der Waals surface area contributed by atoms with Crippen LogP contribution < -0.4 is 5.32 Å². The average Bonchev–Trinajstić information content (AvgIpc) is 2.56. The minimum absolute atomic E-state index is 0.217. The van der Waals surface area contributed by atoms with E-state index < -0.39 is 27.3 Å². The summed E-state index contributed by atoms with van der Waals surface area (Å²) in [6, 6.07) is 18.1. The SMILES string of the molecule is O=C(CS(=O)(=O)Cc1cccc2ccccc12)Nc1ccc(F)cc1. The van der Waals surface area contributed by atoms with Crippen molar-refractivity contribution in [3.63, 3.8) is 0 Å². The second-order valence-corrected chi connectivity index (χ2v) is 7.79. The molecule has 0 aliphatic carbocycles. The lowest BCUT2D eigenvalue weighted by molar-refractivity contribution is -0.113. The van der Waals surface area contributed by atoms with Gasteiger partial charge in [-0.1, -0.05) is 42.5 Å². The topological polar surface area (TPSA) is 63.2 Å². The number of benzene rings is 3. The van der Waals surface area contributed by atoms with E-state index in [1.807, 2.05) is 30.3 Å². The molecule has 0 saturated heterocycles. The van der Waals surface area contributed by atoms with E-state index in [1.165, 1.54) is 24.3 Å². The Labute approximate surface area is 145 Å². The van der Waals surface area contributed by atoms with Crippen LogP contribution >= 0.6 is 0 Å². The molecular weight excluding hydrogens is 341 g/mol. The van der Waals surface area contributed by atoms with E-state index >= 15 is 0 Å². The highest BCUT2D eigenvalue weighted by Crippen LogP contribution is 2.21. The fourth-order valence-electron chi connectivity index (χ4n) is 2.64. The highest BCUT2D eigenvalue weighted by atomic mass is 32.2. The zero-order valence-electron chi connectivity index (χ0n) is 13.3. The molecule has 1 amide bonds. The molecule has 0 aliphatic rings. The van der Waals surface area contributed by atoms with Crippen molar-refractivity contribution in [1.29, 1.82) is 0 Å². The standard InChI is InChI=1S/C19H16FNO3S/c20-16-8-10-17(11-9-16)21-19(22)13-25(23,24)12-15-6-3-5-14-4-1-2-7-18(14)15/h1-11H,12-13H2,(H,21,22). The summed E-state index contributed by atoms with van der Waals surface area (Å²) >= 11 is 0. The molecule has 3 rings (SSSR count). The van der Waals surface area contributed by atoms with Gasteiger partial charge in [0.05, 0.1) is 5.75 Å². The van der Waals surface area contributed by atoms with Crippen molar-refractivity contribution in [2.24, 2.45) is 0 Å². The molecule has 0 fully saturated rings. The van der Waals surface area contributed by atoms with Gasteiger partial charge < -0.3 is 5.32 Å². The van der Waals surface area contributed by atoms with Crippen LogP contribution in [0.4, 0.5) is 10.1 Å². The lowest BCUT2D eigenvalue weighted by Crippen LogP contribution is -2.24. The lowest BCUT2D eigenvalue weighted by Gasteiger charge is -2.09. The summed E-state index contributed by atoms with van der Waals surface area (Å²) in [6.07, 6.45) is 0. The van der Waals surface area contributed by atoms with Gasteiger partial charge in [0.15, 0.2) is 9.84 Å². The van der Waals surface area contributed by atoms with Crippen molar-refractivity contribution in [3.8, 4) is 0 Å². The van der Waals surface area contributed by atoms with E-state index in [-0.39, 0.29) is 5.75 Å². The molecule has 0 heterocycles. The first-order valence-corrected chi connectivity index (χ1v) is 9.47. The maximum absolute atomic E-state index is 12.9. The van der Waals surface area contributed by atoms with Crippen LogP contribution in [-0.2, 0) is 20.4 Å². The number of carbonyl (C=O) groups is 1. The third-order valence-electron chi connectivity index (χ3n) is 3.73. The summed E-state index contributed by atoms with van der Waals surface area (Å²) in [4.78, 5) is 12.0. The van der Waals surface area contributed by atoms with Crippen molar-refractivity contribution in [3.05, 3.63) is 78.1 Å². The molecule has 0 aromatic heterocycles. The molecular formula is C19H16FNO3S. The Bertz CT molecular complexity index is 1010. The van der Waals surface area contributed by atoms with Crippen molar-refractivity contribution in [2.75, 3.05) is 11.1 Å². The van der Waals surface area contributed by atoms with Gasteiger partial charge in [0.2, 0.25) is 5.91 Å². The van der Waals surface area contributed by atoms with E-state index in [9.17, 15) is 17.6 Å². The fraction of sp³-hybridized carbons (Fsp3) is 0.105. The minimum atomic E-state index is -3.64. The molecule has 128 valence electrons. The molecule has 0 radical (unpaired) electrons. The Balaban J connectivity index is 1.73. The number of sulfone groups is 1. The number of hydrogen-bond donors (Lipinski definition) is 1. The van der Waals surface area contributed by atoms with Gasteiger partial charge in [-0.2, -0.15) is 0 Å². The molecule has 0 aliphatic heterocycles. The molecule has 4 nitrogen and oxygen atoms in total. The van der Waals surface area contributed by atoms with Crippen LogP contribution in [0.3, 0.4) is 0 Å². The van der Waals surface area contributed by atoms with Crippen LogP contribution in [0.15, 0.2) is 66.7 Å². The predicted molar refractivity (Wildman–Crippen MR) is 96.5 cm³/mol. The molecule has 6 heteroatoms. The first-order valence-electron chi connectivity index (χ1n) is 7.65. The van der Waals surface area contributed by atoms with Gasteiger partial charge in [-0.05, 0) is 40.6 Å². The zero-order valence-corrected chi connectivity index (χ0v) is 14.1. The smallest absolute Gasteiger partial charge is 0.239 e. The van der Waals surface area contributed by atoms with E-state index in [1.54, 1.807) is 12.1 Å². The molecule has 0 unspecified atom stereocenters. The second-order valence-electron chi connectivity index (χ2n) is 5.73. The minimum Gasteiger partial charge on any atom is -0.325 e. The molecule has 3 aromatic rings. The van der Waals surface area contributed by atoms with E-state index in [2.05, 4.69) is 5.32 Å². The summed E-state index contributed by atoms with van der Waals surface area (Å²) in [6.45, 7) is 0. The van der Waals surface area contributed by atoms with Crippen molar-refractivity contribution >= 4 is 32.2 Å². The molecule has 25 heavy (non-hydrogen) atoms. The number of fused-ring (bicyclic) bond motifs is 1. The molecule has 0 saturated carbocycles. The number of carbonyl (C=O) groups excluding carboxylic acids is 1. The number of anilines is 1. The maximum Gasteiger partial charge on any atom is 0.239 e. The molecule has 0 atom stereocenters. The summed E-state index contributed by atoms with van der Waals surface area (Å²) in [7, 11) is -3.64. The number of nitrogens with one attached hydrogen (secondary N) is 1. The Hall–Kier alpha value is -2.73. The van der Waals surface area contributed by atoms with Gasteiger partial charge in [0.25, 0.3) is 0 Å². The van der Waals surface area contributed by atoms with Gasteiger partial charge in [-0.25, -0.2) is 12.8 Å². The Kier molecular flexibility index (Phi) is 4.81. The van der Waals surface area contributed by atoms with Crippen LogP contribution in [0.1, 0.15) is 5.56 Å². The quantitative estimate of drug-likeness (QED) is 0.760. The van der Waals surface area contributed by atoms with Gasteiger partial charge in [0.1, 0.15) is 11.6 Å². The number of rotatable bonds is 5. The first kappa shape index (κ1) is 17.1. The summed E-state index contributed by atoms with van der Waals surface area (Å²) in [5, 5.41) is 4.27. The Morgan fingerprint density at radius 1 is 0.920 bits per heavy atom. The van der Waals surface area contributed by atoms with Crippen LogP contribution in [0.25, 0.3) is 10.8 Å². The molecule has 3 aromatic carbocycles. The highest BCUT2D eigenvalue weighted by Gasteiger charge is 2.18. The Morgan fingerprint density at radius 3 is 2.36 bits per heavy atom. The van der Waals surface area contributed by atoms with Gasteiger partial charge in [-0.3, -0.25) is 4.79 Å². The average molecular weight is 357 g/mol. The van der Waals surface area contributed by atoms with E-state index in [0.717, 1.165) is 10.8 Å². The maximum atomic E-state index is 12.9.